The highest BCUT2D eigenvalue weighted by molar-refractivity contribution is 5.36. The summed E-state index contributed by atoms with van der Waals surface area (Å²) in [5, 5.41) is 13.3. The van der Waals surface area contributed by atoms with Gasteiger partial charge in [0.25, 0.3) is 0 Å². The molecule has 20 heavy (non-hydrogen) atoms. The Morgan fingerprint density at radius 2 is 1.90 bits per heavy atom. The van der Waals surface area contributed by atoms with Crippen molar-refractivity contribution < 1.29 is 0 Å². The maximum absolute atomic E-state index is 8.96. The quantitative estimate of drug-likeness (QED) is 0.727. The van der Waals surface area contributed by atoms with Gasteiger partial charge >= 0.3 is 0 Å². The van der Waals surface area contributed by atoms with Gasteiger partial charge < -0.3 is 0 Å². The van der Waals surface area contributed by atoms with E-state index >= 15 is 0 Å². The third kappa shape index (κ3) is 2.43. The molecule has 0 aliphatic heterocycles. The van der Waals surface area contributed by atoms with Crippen molar-refractivity contribution in [1.29, 1.82) is 5.26 Å². The zero-order valence-electron chi connectivity index (χ0n) is 10.8. The Labute approximate surface area is 116 Å². The second-order valence-electron chi connectivity index (χ2n) is 4.41. The van der Waals surface area contributed by atoms with E-state index in [-0.39, 0.29) is 0 Å². The monoisotopic (exact) mass is 260 g/mol. The molecule has 4 nitrogen and oxygen atoms in total. The summed E-state index contributed by atoms with van der Waals surface area (Å²) in [6.45, 7) is 0. The summed E-state index contributed by atoms with van der Waals surface area (Å²) in [4.78, 5) is 4.28. The SMILES string of the molecule is N#Cc1ccnc(-n2nccc2Cc2ccccc2)c1. The first kappa shape index (κ1) is 12.1. The molecule has 0 N–H and O–H groups in total. The fourth-order valence-electron chi connectivity index (χ4n) is 2.08. The van der Waals surface area contributed by atoms with Crippen LogP contribution in [0, 0.1) is 11.3 Å². The molecule has 2 heterocycles. The largest absolute Gasteiger partial charge is 0.237 e. The molecule has 0 atom stereocenters. The van der Waals surface area contributed by atoms with Gasteiger partial charge in [0.1, 0.15) is 0 Å². The average molecular weight is 260 g/mol. The van der Waals surface area contributed by atoms with E-state index in [1.54, 1.807) is 29.2 Å². The van der Waals surface area contributed by atoms with E-state index in [0.29, 0.717) is 11.4 Å². The highest BCUT2D eigenvalue weighted by Gasteiger charge is 2.07. The number of aromatic nitrogens is 3. The number of hydrogen-bond donors (Lipinski definition) is 0. The molecule has 0 saturated carbocycles. The van der Waals surface area contributed by atoms with E-state index in [4.69, 9.17) is 5.26 Å². The number of rotatable bonds is 3. The van der Waals surface area contributed by atoms with Gasteiger partial charge in [-0.25, -0.2) is 9.67 Å². The highest BCUT2D eigenvalue weighted by atomic mass is 15.3. The fraction of sp³-hybridized carbons (Fsp3) is 0.0625. The van der Waals surface area contributed by atoms with Gasteiger partial charge in [0.05, 0.1) is 17.3 Å². The first-order valence-corrected chi connectivity index (χ1v) is 6.30. The van der Waals surface area contributed by atoms with Crippen molar-refractivity contribution >= 4 is 0 Å². The average Bonchev–Trinajstić information content (AvgIpc) is 2.96. The molecule has 0 amide bonds. The van der Waals surface area contributed by atoms with Crippen LogP contribution < -0.4 is 0 Å². The molecule has 4 heteroatoms. The van der Waals surface area contributed by atoms with Gasteiger partial charge in [-0.3, -0.25) is 0 Å². The molecule has 0 unspecified atom stereocenters. The lowest BCUT2D eigenvalue weighted by Gasteiger charge is -2.07. The summed E-state index contributed by atoms with van der Waals surface area (Å²) >= 11 is 0. The Morgan fingerprint density at radius 3 is 2.70 bits per heavy atom. The van der Waals surface area contributed by atoms with Crippen LogP contribution in [-0.2, 0) is 6.42 Å². The van der Waals surface area contributed by atoms with E-state index in [9.17, 15) is 0 Å². The topological polar surface area (TPSA) is 54.5 Å². The molecule has 0 aliphatic carbocycles. The molecule has 0 spiro atoms. The van der Waals surface area contributed by atoms with Crippen LogP contribution in [0.15, 0.2) is 60.9 Å². The van der Waals surface area contributed by atoms with Gasteiger partial charge in [0, 0.05) is 24.9 Å². The van der Waals surface area contributed by atoms with Gasteiger partial charge in [-0.2, -0.15) is 10.4 Å². The van der Waals surface area contributed by atoms with Crippen molar-refractivity contribution in [3.63, 3.8) is 0 Å². The number of benzene rings is 1. The lowest BCUT2D eigenvalue weighted by molar-refractivity contribution is 0.797. The van der Waals surface area contributed by atoms with E-state index in [0.717, 1.165) is 12.1 Å². The van der Waals surface area contributed by atoms with Crippen LogP contribution in [0.3, 0.4) is 0 Å². The Bertz CT molecular complexity index is 753. The Kier molecular flexibility index (Phi) is 3.25. The summed E-state index contributed by atoms with van der Waals surface area (Å²) in [5.41, 5.74) is 2.83. The first-order valence-electron chi connectivity index (χ1n) is 6.30. The minimum absolute atomic E-state index is 0.580. The molecule has 96 valence electrons. The van der Waals surface area contributed by atoms with Crippen LogP contribution in [0.4, 0.5) is 0 Å². The fourth-order valence-corrected chi connectivity index (χ4v) is 2.08. The second kappa shape index (κ2) is 5.37. The molecule has 1 aromatic carbocycles. The molecule has 3 rings (SSSR count). The van der Waals surface area contributed by atoms with Crippen molar-refractivity contribution in [3.05, 3.63) is 77.7 Å². The zero-order valence-corrected chi connectivity index (χ0v) is 10.8. The number of pyridine rings is 1. The van der Waals surface area contributed by atoms with Gasteiger partial charge in [0.2, 0.25) is 0 Å². The number of nitriles is 1. The van der Waals surface area contributed by atoms with Crippen molar-refractivity contribution in [2.45, 2.75) is 6.42 Å². The van der Waals surface area contributed by atoms with Crippen molar-refractivity contribution in [1.82, 2.24) is 14.8 Å². The molecule has 0 bridgehead atoms. The summed E-state index contributed by atoms with van der Waals surface area (Å²) in [7, 11) is 0. The van der Waals surface area contributed by atoms with Crippen molar-refractivity contribution in [2.75, 3.05) is 0 Å². The number of nitrogens with zero attached hydrogens (tertiary/aromatic N) is 4. The predicted molar refractivity (Wildman–Crippen MR) is 75.3 cm³/mol. The van der Waals surface area contributed by atoms with Crippen LogP contribution in [0.25, 0.3) is 5.82 Å². The lowest BCUT2D eigenvalue weighted by atomic mass is 10.1. The molecular weight excluding hydrogens is 248 g/mol. The Hall–Kier alpha value is -2.93. The second-order valence-corrected chi connectivity index (χ2v) is 4.41. The summed E-state index contributed by atoms with van der Waals surface area (Å²) < 4.78 is 1.77. The first-order chi connectivity index (χ1) is 9.86. The van der Waals surface area contributed by atoms with Crippen LogP contribution >= 0.6 is 0 Å². The normalized spacial score (nSPS) is 10.2. The van der Waals surface area contributed by atoms with E-state index < -0.39 is 0 Å². The minimum atomic E-state index is 0.580. The van der Waals surface area contributed by atoms with E-state index in [1.165, 1.54) is 5.56 Å². The van der Waals surface area contributed by atoms with Crippen LogP contribution in [0.2, 0.25) is 0 Å². The summed E-state index contributed by atoms with van der Waals surface area (Å²) in [6, 6.07) is 17.7. The van der Waals surface area contributed by atoms with Crippen LogP contribution in [0.5, 0.6) is 0 Å². The molecule has 0 radical (unpaired) electrons. The molecule has 3 aromatic rings. The molecular formula is C16H12N4. The lowest BCUT2D eigenvalue weighted by Crippen LogP contribution is -2.05. The molecule has 0 saturated heterocycles. The third-order valence-corrected chi connectivity index (χ3v) is 3.04. The molecule has 2 aromatic heterocycles. The standard InChI is InChI=1S/C16H12N4/c17-12-14-6-8-18-16(11-14)20-15(7-9-19-20)10-13-4-2-1-3-5-13/h1-9,11H,10H2. The summed E-state index contributed by atoms with van der Waals surface area (Å²) in [6.07, 6.45) is 4.15. The minimum Gasteiger partial charge on any atom is -0.237 e. The van der Waals surface area contributed by atoms with Crippen LogP contribution in [-0.4, -0.2) is 14.8 Å². The zero-order chi connectivity index (χ0) is 13.8. The van der Waals surface area contributed by atoms with E-state index in [1.807, 2.05) is 24.3 Å². The maximum atomic E-state index is 8.96. The van der Waals surface area contributed by atoms with Gasteiger partial charge in [-0.1, -0.05) is 30.3 Å². The smallest absolute Gasteiger partial charge is 0.154 e. The Morgan fingerprint density at radius 1 is 1.05 bits per heavy atom. The molecule has 0 aliphatic rings. The highest BCUT2D eigenvalue weighted by Crippen LogP contribution is 2.13. The van der Waals surface area contributed by atoms with Gasteiger partial charge in [-0.05, 0) is 17.7 Å². The van der Waals surface area contributed by atoms with Gasteiger partial charge in [-0.15, -0.1) is 0 Å². The Balaban J connectivity index is 1.96. The maximum Gasteiger partial charge on any atom is 0.154 e. The summed E-state index contributed by atoms with van der Waals surface area (Å²) in [5.74, 6) is 0.667. The van der Waals surface area contributed by atoms with Gasteiger partial charge in [0.15, 0.2) is 5.82 Å². The van der Waals surface area contributed by atoms with Crippen molar-refractivity contribution in [3.8, 4) is 11.9 Å². The van der Waals surface area contributed by atoms with Crippen LogP contribution in [0.1, 0.15) is 16.8 Å². The third-order valence-electron chi connectivity index (χ3n) is 3.04. The van der Waals surface area contributed by atoms with E-state index in [2.05, 4.69) is 28.3 Å². The van der Waals surface area contributed by atoms with Crippen molar-refractivity contribution in [2.24, 2.45) is 0 Å². The molecule has 0 fully saturated rings. The number of hydrogen-bond acceptors (Lipinski definition) is 3. The predicted octanol–water partition coefficient (Wildman–Crippen LogP) is 2.73.